The van der Waals surface area contributed by atoms with Gasteiger partial charge in [0.05, 0.1) is 24.0 Å². The predicted octanol–water partition coefficient (Wildman–Crippen LogP) is 6.39. The van der Waals surface area contributed by atoms with Crippen LogP contribution in [0.2, 0.25) is 0 Å². The molecule has 4 rings (SSSR count). The van der Waals surface area contributed by atoms with Gasteiger partial charge < -0.3 is 10.1 Å². The molecular formula is C22H19BrN2OS. The van der Waals surface area contributed by atoms with Crippen molar-refractivity contribution in [2.45, 2.75) is 6.42 Å². The first-order valence-electron chi connectivity index (χ1n) is 8.72. The van der Waals surface area contributed by atoms with Crippen LogP contribution in [0.3, 0.4) is 0 Å². The van der Waals surface area contributed by atoms with Gasteiger partial charge in [-0.3, -0.25) is 0 Å². The normalized spacial score (nSPS) is 10.9. The maximum atomic E-state index is 5.35. The summed E-state index contributed by atoms with van der Waals surface area (Å²) in [4.78, 5) is 4.92. The summed E-state index contributed by atoms with van der Waals surface area (Å²) in [5.41, 5.74) is 5.42. The van der Waals surface area contributed by atoms with Gasteiger partial charge in [0.25, 0.3) is 0 Å². The minimum absolute atomic E-state index is 0.821. The summed E-state index contributed by atoms with van der Waals surface area (Å²) in [5.74, 6) is 0.821. The minimum Gasteiger partial charge on any atom is -0.497 e. The van der Waals surface area contributed by atoms with E-state index in [-0.39, 0.29) is 0 Å². The fraction of sp³-hybridized carbons (Fsp3) is 0.136. The molecule has 3 nitrogen and oxygen atoms in total. The summed E-state index contributed by atoms with van der Waals surface area (Å²) < 4.78 is 6.45. The highest BCUT2D eigenvalue weighted by atomic mass is 79.9. The lowest BCUT2D eigenvalue weighted by molar-refractivity contribution is 0.415. The van der Waals surface area contributed by atoms with E-state index in [0.717, 1.165) is 51.0 Å². The molecule has 0 unspecified atom stereocenters. The number of pyridine rings is 1. The van der Waals surface area contributed by atoms with E-state index in [1.54, 1.807) is 18.4 Å². The Bertz CT molecular complexity index is 1050. The smallest absolute Gasteiger partial charge is 0.121 e. The van der Waals surface area contributed by atoms with Crippen LogP contribution in [0, 0.1) is 0 Å². The average molecular weight is 439 g/mol. The number of hydrogen-bond acceptors (Lipinski definition) is 4. The van der Waals surface area contributed by atoms with Gasteiger partial charge in [0.2, 0.25) is 0 Å². The van der Waals surface area contributed by atoms with E-state index in [9.17, 15) is 0 Å². The molecule has 5 heteroatoms. The second-order valence-corrected chi connectivity index (χ2v) is 7.95. The summed E-state index contributed by atoms with van der Waals surface area (Å²) in [5, 5.41) is 8.90. The summed E-state index contributed by atoms with van der Waals surface area (Å²) in [6.07, 6.45) is 0.955. The van der Waals surface area contributed by atoms with Gasteiger partial charge in [0.15, 0.2) is 0 Å². The van der Waals surface area contributed by atoms with Gasteiger partial charge in [-0.2, -0.15) is 11.3 Å². The summed E-state index contributed by atoms with van der Waals surface area (Å²) in [6, 6.07) is 18.8. The van der Waals surface area contributed by atoms with Crippen LogP contribution >= 0.6 is 27.3 Å². The Hall–Kier alpha value is -2.37. The Morgan fingerprint density at radius 1 is 1.07 bits per heavy atom. The molecule has 27 heavy (non-hydrogen) atoms. The number of anilines is 1. The van der Waals surface area contributed by atoms with E-state index in [2.05, 4.69) is 74.5 Å². The highest BCUT2D eigenvalue weighted by molar-refractivity contribution is 9.10. The Balaban J connectivity index is 1.63. The van der Waals surface area contributed by atoms with Crippen molar-refractivity contribution in [1.82, 2.24) is 4.98 Å². The maximum Gasteiger partial charge on any atom is 0.121 e. The Kier molecular flexibility index (Phi) is 5.41. The molecule has 1 N–H and O–H groups in total. The first-order chi connectivity index (χ1) is 13.2. The number of nitrogens with zero attached hydrogens (tertiary/aromatic N) is 1. The average Bonchev–Trinajstić information content (AvgIpc) is 3.23. The first-order valence-corrected chi connectivity index (χ1v) is 10.5. The molecule has 0 amide bonds. The molecule has 0 radical (unpaired) electrons. The molecule has 0 spiro atoms. The van der Waals surface area contributed by atoms with Crippen LogP contribution < -0.4 is 10.1 Å². The monoisotopic (exact) mass is 438 g/mol. The van der Waals surface area contributed by atoms with Crippen molar-refractivity contribution in [3.05, 3.63) is 75.4 Å². The fourth-order valence-electron chi connectivity index (χ4n) is 3.02. The van der Waals surface area contributed by atoms with Crippen molar-refractivity contribution in [3.63, 3.8) is 0 Å². The summed E-state index contributed by atoms with van der Waals surface area (Å²) >= 11 is 5.16. The van der Waals surface area contributed by atoms with Gasteiger partial charge in [-0.1, -0.05) is 28.1 Å². The molecule has 0 saturated heterocycles. The topological polar surface area (TPSA) is 34.1 Å². The number of halogens is 1. The molecule has 0 atom stereocenters. The highest BCUT2D eigenvalue weighted by Gasteiger charge is 2.10. The molecule has 0 aliphatic carbocycles. The maximum absolute atomic E-state index is 5.35. The zero-order valence-corrected chi connectivity index (χ0v) is 17.3. The molecule has 0 aliphatic rings. The van der Waals surface area contributed by atoms with Crippen LogP contribution in [-0.2, 0) is 6.42 Å². The number of methoxy groups -OCH3 is 1. The van der Waals surface area contributed by atoms with E-state index in [1.165, 1.54) is 5.56 Å². The first kappa shape index (κ1) is 18.0. The van der Waals surface area contributed by atoms with Crippen molar-refractivity contribution in [1.29, 1.82) is 0 Å². The van der Waals surface area contributed by atoms with Crippen LogP contribution in [0.5, 0.6) is 5.75 Å². The number of nitrogens with one attached hydrogen (secondary N) is 1. The third-order valence-electron chi connectivity index (χ3n) is 4.46. The molecule has 2 heterocycles. The largest absolute Gasteiger partial charge is 0.497 e. The molecular weight excluding hydrogens is 420 g/mol. The van der Waals surface area contributed by atoms with E-state index >= 15 is 0 Å². The molecule has 136 valence electrons. The third-order valence-corrected chi connectivity index (χ3v) is 5.67. The van der Waals surface area contributed by atoms with Crippen LogP contribution in [0.15, 0.2) is 69.8 Å². The number of aromatic nitrogens is 1. The van der Waals surface area contributed by atoms with Gasteiger partial charge in [0.1, 0.15) is 5.75 Å². The SMILES string of the molecule is COc1ccc2cc(NCCc3ccc(Br)cc3)c(-c3ccsc3)nc2c1. The molecule has 0 saturated carbocycles. The van der Waals surface area contributed by atoms with Crippen LogP contribution in [0.4, 0.5) is 5.69 Å². The van der Waals surface area contributed by atoms with Gasteiger partial charge >= 0.3 is 0 Å². The molecule has 2 aromatic heterocycles. The number of hydrogen-bond donors (Lipinski definition) is 1. The van der Waals surface area contributed by atoms with Gasteiger partial charge in [-0.15, -0.1) is 0 Å². The second-order valence-electron chi connectivity index (χ2n) is 6.26. The number of rotatable bonds is 6. The van der Waals surface area contributed by atoms with Crippen molar-refractivity contribution in [2.24, 2.45) is 0 Å². The second kappa shape index (κ2) is 8.11. The molecule has 0 aliphatic heterocycles. The van der Waals surface area contributed by atoms with Gasteiger partial charge in [-0.05, 0) is 53.8 Å². The highest BCUT2D eigenvalue weighted by Crippen LogP contribution is 2.32. The Labute approximate surface area is 171 Å². The fourth-order valence-corrected chi connectivity index (χ4v) is 3.93. The Morgan fingerprint density at radius 3 is 2.67 bits per heavy atom. The summed E-state index contributed by atoms with van der Waals surface area (Å²) in [6.45, 7) is 0.849. The van der Waals surface area contributed by atoms with Crippen LogP contribution in [0.25, 0.3) is 22.2 Å². The lowest BCUT2D eigenvalue weighted by Crippen LogP contribution is -2.06. The quantitative estimate of drug-likeness (QED) is 0.378. The lowest BCUT2D eigenvalue weighted by atomic mass is 10.1. The van der Waals surface area contributed by atoms with E-state index in [0.29, 0.717) is 0 Å². The van der Waals surface area contributed by atoms with E-state index in [1.807, 2.05) is 12.1 Å². The van der Waals surface area contributed by atoms with Gasteiger partial charge in [0, 0.05) is 33.4 Å². The van der Waals surface area contributed by atoms with Crippen molar-refractivity contribution < 1.29 is 4.74 Å². The number of fused-ring (bicyclic) bond motifs is 1. The summed E-state index contributed by atoms with van der Waals surface area (Å²) in [7, 11) is 1.68. The van der Waals surface area contributed by atoms with Crippen LogP contribution in [0.1, 0.15) is 5.56 Å². The number of ether oxygens (including phenoxy) is 1. The zero-order valence-electron chi connectivity index (χ0n) is 14.9. The zero-order chi connectivity index (χ0) is 18.6. The molecule has 4 aromatic rings. The van der Waals surface area contributed by atoms with Crippen LogP contribution in [-0.4, -0.2) is 18.6 Å². The van der Waals surface area contributed by atoms with Crippen molar-refractivity contribution >= 4 is 43.9 Å². The Morgan fingerprint density at radius 2 is 1.93 bits per heavy atom. The van der Waals surface area contributed by atoms with Gasteiger partial charge in [-0.25, -0.2) is 4.98 Å². The molecule has 2 aromatic carbocycles. The van der Waals surface area contributed by atoms with Crippen molar-refractivity contribution in [3.8, 4) is 17.0 Å². The third kappa shape index (κ3) is 4.15. The van der Waals surface area contributed by atoms with Crippen molar-refractivity contribution in [2.75, 3.05) is 19.0 Å². The van der Waals surface area contributed by atoms with E-state index in [4.69, 9.17) is 9.72 Å². The lowest BCUT2D eigenvalue weighted by Gasteiger charge is -2.13. The molecule has 0 fully saturated rings. The standard InChI is InChI=1S/C22H19BrN2OS/c1-26-19-7-4-16-12-21(24-10-8-15-2-5-18(23)6-3-15)22(25-20(16)13-19)17-9-11-27-14-17/h2-7,9,11-14,24H,8,10H2,1H3. The number of benzene rings is 2. The molecule has 0 bridgehead atoms. The minimum atomic E-state index is 0.821. The number of thiophene rings is 1. The van der Waals surface area contributed by atoms with E-state index < -0.39 is 0 Å². The predicted molar refractivity (Wildman–Crippen MR) is 118 cm³/mol.